The van der Waals surface area contributed by atoms with Gasteiger partial charge < -0.3 is 14.8 Å². The number of ether oxygens (including phenoxy) is 2. The van der Waals surface area contributed by atoms with Gasteiger partial charge in [0.25, 0.3) is 0 Å². The predicted octanol–water partition coefficient (Wildman–Crippen LogP) is 1.61. The van der Waals surface area contributed by atoms with Crippen molar-refractivity contribution in [1.82, 2.24) is 10.3 Å². The zero-order chi connectivity index (χ0) is 11.2. The molecular weight excluding hydrogens is 204 g/mol. The van der Waals surface area contributed by atoms with E-state index in [0.29, 0.717) is 18.4 Å². The normalized spacial score (nSPS) is 17.1. The Kier molecular flexibility index (Phi) is 3.99. The predicted molar refractivity (Wildman–Crippen MR) is 61.9 cm³/mol. The van der Waals surface area contributed by atoms with Crippen molar-refractivity contribution in [3.8, 4) is 11.8 Å². The molecular formula is C12H18N2O2. The summed E-state index contributed by atoms with van der Waals surface area (Å²) in [5.74, 6) is 1.30. The molecule has 1 aromatic rings. The van der Waals surface area contributed by atoms with Gasteiger partial charge in [0.15, 0.2) is 0 Å². The van der Waals surface area contributed by atoms with Crippen LogP contribution in [0.3, 0.4) is 0 Å². The molecule has 0 aliphatic carbocycles. The molecule has 1 aromatic heterocycles. The smallest absolute Gasteiger partial charge is 0.216 e. The number of nitrogens with one attached hydrogen (secondary N) is 1. The molecule has 0 amide bonds. The van der Waals surface area contributed by atoms with Gasteiger partial charge in [0, 0.05) is 12.1 Å². The van der Waals surface area contributed by atoms with E-state index in [4.69, 9.17) is 9.47 Å². The Labute approximate surface area is 96.0 Å². The summed E-state index contributed by atoms with van der Waals surface area (Å²) in [7, 11) is 0. The summed E-state index contributed by atoms with van der Waals surface area (Å²) in [6.45, 7) is 4.62. The van der Waals surface area contributed by atoms with Crippen LogP contribution in [0.5, 0.6) is 11.8 Å². The molecule has 1 N–H and O–H groups in total. The van der Waals surface area contributed by atoms with E-state index in [1.165, 1.54) is 0 Å². The minimum Gasteiger partial charge on any atom is -0.478 e. The summed E-state index contributed by atoms with van der Waals surface area (Å²) < 4.78 is 11.1. The molecule has 1 saturated heterocycles. The maximum atomic E-state index is 5.81. The summed E-state index contributed by atoms with van der Waals surface area (Å²) >= 11 is 0. The highest BCUT2D eigenvalue weighted by Gasteiger charge is 2.14. The van der Waals surface area contributed by atoms with Gasteiger partial charge in [-0.3, -0.25) is 0 Å². The van der Waals surface area contributed by atoms with Gasteiger partial charge in [-0.1, -0.05) is 6.07 Å². The van der Waals surface area contributed by atoms with E-state index in [2.05, 4.69) is 10.3 Å². The van der Waals surface area contributed by atoms with E-state index in [9.17, 15) is 0 Å². The second-order valence-corrected chi connectivity index (χ2v) is 3.81. The van der Waals surface area contributed by atoms with Crippen LogP contribution in [0.25, 0.3) is 0 Å². The van der Waals surface area contributed by atoms with Crippen molar-refractivity contribution in [2.45, 2.75) is 25.9 Å². The van der Waals surface area contributed by atoms with Gasteiger partial charge >= 0.3 is 0 Å². The van der Waals surface area contributed by atoms with E-state index in [1.807, 2.05) is 25.1 Å². The molecule has 1 fully saturated rings. The summed E-state index contributed by atoms with van der Waals surface area (Å²) in [6, 6.07) is 5.64. The molecule has 2 rings (SSSR count). The first-order valence-electron chi connectivity index (χ1n) is 5.85. The number of hydrogen-bond donors (Lipinski definition) is 1. The molecule has 1 aliphatic heterocycles. The molecule has 2 heterocycles. The molecule has 0 radical (unpaired) electrons. The molecule has 0 aromatic carbocycles. The lowest BCUT2D eigenvalue weighted by atomic mass is 10.1. The first kappa shape index (κ1) is 11.2. The Morgan fingerprint density at radius 2 is 2.06 bits per heavy atom. The Bertz CT molecular complexity index is 325. The first-order valence-corrected chi connectivity index (χ1v) is 5.85. The lowest BCUT2D eigenvalue weighted by Gasteiger charge is -2.23. The maximum Gasteiger partial charge on any atom is 0.216 e. The van der Waals surface area contributed by atoms with Gasteiger partial charge in [0.2, 0.25) is 11.8 Å². The third-order valence-corrected chi connectivity index (χ3v) is 2.56. The molecule has 0 atom stereocenters. The largest absolute Gasteiger partial charge is 0.478 e. The summed E-state index contributed by atoms with van der Waals surface area (Å²) in [4.78, 5) is 4.29. The highest BCUT2D eigenvalue weighted by Crippen LogP contribution is 2.17. The van der Waals surface area contributed by atoms with Gasteiger partial charge in [-0.05, 0) is 32.9 Å². The Morgan fingerprint density at radius 3 is 2.81 bits per heavy atom. The van der Waals surface area contributed by atoms with Crippen molar-refractivity contribution in [3.63, 3.8) is 0 Å². The van der Waals surface area contributed by atoms with Crippen molar-refractivity contribution >= 4 is 0 Å². The monoisotopic (exact) mass is 222 g/mol. The van der Waals surface area contributed by atoms with Crippen LogP contribution in [-0.4, -0.2) is 30.8 Å². The average molecular weight is 222 g/mol. The van der Waals surface area contributed by atoms with Crippen LogP contribution >= 0.6 is 0 Å². The Balaban J connectivity index is 1.94. The fraction of sp³-hybridized carbons (Fsp3) is 0.583. The highest BCUT2D eigenvalue weighted by atomic mass is 16.5. The lowest BCUT2D eigenvalue weighted by molar-refractivity contribution is 0.154. The van der Waals surface area contributed by atoms with Crippen LogP contribution in [-0.2, 0) is 0 Å². The number of nitrogens with zero attached hydrogens (tertiary/aromatic N) is 1. The van der Waals surface area contributed by atoms with Crippen molar-refractivity contribution < 1.29 is 9.47 Å². The highest BCUT2D eigenvalue weighted by molar-refractivity contribution is 5.19. The molecule has 0 unspecified atom stereocenters. The van der Waals surface area contributed by atoms with Gasteiger partial charge in [-0.25, -0.2) is 0 Å². The van der Waals surface area contributed by atoms with Gasteiger partial charge in [-0.15, -0.1) is 0 Å². The van der Waals surface area contributed by atoms with Crippen LogP contribution in [0.4, 0.5) is 0 Å². The van der Waals surface area contributed by atoms with Crippen LogP contribution in [0.2, 0.25) is 0 Å². The molecule has 0 spiro atoms. The molecule has 0 saturated carbocycles. The number of aromatic nitrogens is 1. The molecule has 4 nitrogen and oxygen atoms in total. The van der Waals surface area contributed by atoms with Gasteiger partial charge in [0.1, 0.15) is 6.10 Å². The summed E-state index contributed by atoms with van der Waals surface area (Å²) in [5.41, 5.74) is 0. The summed E-state index contributed by atoms with van der Waals surface area (Å²) in [5, 5.41) is 3.31. The molecule has 4 heteroatoms. The zero-order valence-electron chi connectivity index (χ0n) is 9.61. The van der Waals surface area contributed by atoms with Crippen LogP contribution in [0.15, 0.2) is 18.2 Å². The minimum atomic E-state index is 0.283. The number of rotatable bonds is 4. The van der Waals surface area contributed by atoms with E-state index in [1.54, 1.807) is 0 Å². The quantitative estimate of drug-likeness (QED) is 0.840. The van der Waals surface area contributed by atoms with Crippen LogP contribution in [0.1, 0.15) is 19.8 Å². The van der Waals surface area contributed by atoms with Gasteiger partial charge in [-0.2, -0.15) is 4.98 Å². The molecule has 1 aliphatic rings. The van der Waals surface area contributed by atoms with Gasteiger partial charge in [0.05, 0.1) is 6.61 Å². The van der Waals surface area contributed by atoms with Crippen molar-refractivity contribution in [2.24, 2.45) is 0 Å². The van der Waals surface area contributed by atoms with E-state index < -0.39 is 0 Å². The molecule has 0 bridgehead atoms. The third kappa shape index (κ3) is 3.10. The standard InChI is InChI=1S/C12H18N2O2/c1-2-15-11-4-3-5-12(14-11)16-10-6-8-13-9-7-10/h3-5,10,13H,2,6-9H2,1H3. The fourth-order valence-electron chi connectivity index (χ4n) is 1.77. The number of pyridine rings is 1. The second kappa shape index (κ2) is 5.70. The fourth-order valence-corrected chi connectivity index (χ4v) is 1.77. The SMILES string of the molecule is CCOc1cccc(OC2CCNCC2)n1. The Morgan fingerprint density at radius 1 is 1.31 bits per heavy atom. The van der Waals surface area contributed by atoms with Crippen molar-refractivity contribution in [3.05, 3.63) is 18.2 Å². The topological polar surface area (TPSA) is 43.4 Å². The summed E-state index contributed by atoms with van der Waals surface area (Å²) in [6.07, 6.45) is 2.37. The van der Waals surface area contributed by atoms with Crippen LogP contribution < -0.4 is 14.8 Å². The Hall–Kier alpha value is -1.29. The third-order valence-electron chi connectivity index (χ3n) is 2.56. The molecule has 88 valence electrons. The van der Waals surface area contributed by atoms with Crippen molar-refractivity contribution in [2.75, 3.05) is 19.7 Å². The molecule has 16 heavy (non-hydrogen) atoms. The van der Waals surface area contributed by atoms with E-state index in [-0.39, 0.29) is 6.10 Å². The van der Waals surface area contributed by atoms with E-state index in [0.717, 1.165) is 25.9 Å². The zero-order valence-corrected chi connectivity index (χ0v) is 9.61. The van der Waals surface area contributed by atoms with Crippen LogP contribution in [0, 0.1) is 0 Å². The maximum absolute atomic E-state index is 5.81. The number of hydrogen-bond acceptors (Lipinski definition) is 4. The lowest BCUT2D eigenvalue weighted by Crippen LogP contribution is -2.34. The first-order chi connectivity index (χ1) is 7.88. The van der Waals surface area contributed by atoms with Crippen molar-refractivity contribution in [1.29, 1.82) is 0 Å². The second-order valence-electron chi connectivity index (χ2n) is 3.81. The average Bonchev–Trinajstić information content (AvgIpc) is 2.31. The van der Waals surface area contributed by atoms with E-state index >= 15 is 0 Å². The number of piperidine rings is 1. The minimum absolute atomic E-state index is 0.283.